The molecule has 170 valence electrons. The molecule has 0 aliphatic carbocycles. The van der Waals surface area contributed by atoms with Gasteiger partial charge in [0.15, 0.2) is 0 Å². The number of rotatable bonds is 5. The van der Waals surface area contributed by atoms with Crippen molar-refractivity contribution < 1.29 is 14.4 Å². The van der Waals surface area contributed by atoms with Gasteiger partial charge in [0.25, 0.3) is 11.8 Å². The Hall–Kier alpha value is -2.91. The van der Waals surface area contributed by atoms with Crippen LogP contribution in [0, 0.1) is 0 Å². The van der Waals surface area contributed by atoms with E-state index >= 15 is 0 Å². The van der Waals surface area contributed by atoms with E-state index in [1.807, 2.05) is 29.2 Å². The van der Waals surface area contributed by atoms with E-state index in [2.05, 4.69) is 16.0 Å². The molecule has 1 atom stereocenters. The Morgan fingerprint density at radius 2 is 1.81 bits per heavy atom. The molecule has 0 bridgehead atoms. The Morgan fingerprint density at radius 1 is 1.06 bits per heavy atom. The molecule has 0 unspecified atom stereocenters. The Kier molecular flexibility index (Phi) is 7.06. The van der Waals surface area contributed by atoms with Crippen molar-refractivity contribution in [2.24, 2.45) is 5.73 Å². The number of piperidine rings is 2. The van der Waals surface area contributed by atoms with E-state index < -0.39 is 6.03 Å². The van der Waals surface area contributed by atoms with Crippen molar-refractivity contribution in [1.29, 1.82) is 0 Å². The monoisotopic (exact) mass is 455 g/mol. The summed E-state index contributed by atoms with van der Waals surface area (Å²) in [5.74, 6) is -0.179. The first kappa shape index (κ1) is 22.3. The predicted octanol–water partition coefficient (Wildman–Crippen LogP) is 3.01. The normalized spacial score (nSPS) is 18.8. The number of anilines is 1. The third kappa shape index (κ3) is 5.28. The molecule has 4 rings (SSSR count). The SMILES string of the molecule is NC(=O)Nc1sc(-c2ccc(C(=O)N3CCCCC3)cc2)cc1C(=O)N[C@H]1CCCNC1. The standard InChI is InChI=1S/C23H29N5O3S/c24-23(31)27-21-18(20(29)26-17-5-4-10-25-14-17)13-19(32-21)15-6-8-16(9-7-15)22(30)28-11-2-1-3-12-28/h6-9,13,17,25H,1-5,10-12,14H2,(H,26,29)(H3,24,27,31)/t17-/m0/s1. The number of urea groups is 1. The Balaban J connectivity index is 1.52. The van der Waals surface area contributed by atoms with Gasteiger partial charge in [0, 0.05) is 36.1 Å². The first-order valence-electron chi connectivity index (χ1n) is 11.1. The van der Waals surface area contributed by atoms with Crippen molar-refractivity contribution in [2.45, 2.75) is 38.1 Å². The Labute approximate surface area is 191 Å². The first-order chi connectivity index (χ1) is 15.5. The van der Waals surface area contributed by atoms with Gasteiger partial charge in [-0.15, -0.1) is 11.3 Å². The topological polar surface area (TPSA) is 117 Å². The molecular formula is C23H29N5O3S. The summed E-state index contributed by atoms with van der Waals surface area (Å²) in [6.45, 7) is 3.30. The second kappa shape index (κ2) is 10.1. The van der Waals surface area contributed by atoms with Crippen LogP contribution in [0.2, 0.25) is 0 Å². The van der Waals surface area contributed by atoms with Crippen molar-refractivity contribution in [3.8, 4) is 10.4 Å². The molecule has 1 aromatic carbocycles. The first-order valence-corrected chi connectivity index (χ1v) is 11.9. The molecule has 32 heavy (non-hydrogen) atoms. The summed E-state index contributed by atoms with van der Waals surface area (Å²) in [7, 11) is 0. The minimum atomic E-state index is -0.714. The number of carbonyl (C=O) groups excluding carboxylic acids is 3. The minimum Gasteiger partial charge on any atom is -0.351 e. The average molecular weight is 456 g/mol. The highest BCUT2D eigenvalue weighted by atomic mass is 32.1. The summed E-state index contributed by atoms with van der Waals surface area (Å²) in [5.41, 5.74) is 7.24. The van der Waals surface area contributed by atoms with Gasteiger partial charge in [-0.1, -0.05) is 12.1 Å². The van der Waals surface area contributed by atoms with Gasteiger partial charge in [0.05, 0.1) is 5.56 Å². The zero-order valence-electron chi connectivity index (χ0n) is 18.0. The van der Waals surface area contributed by atoms with Crippen molar-refractivity contribution in [1.82, 2.24) is 15.5 Å². The van der Waals surface area contributed by atoms with Crippen molar-refractivity contribution in [2.75, 3.05) is 31.5 Å². The van der Waals surface area contributed by atoms with Crippen LogP contribution >= 0.6 is 11.3 Å². The summed E-state index contributed by atoms with van der Waals surface area (Å²) in [6.07, 6.45) is 5.21. The molecule has 1 aromatic heterocycles. The summed E-state index contributed by atoms with van der Waals surface area (Å²) in [4.78, 5) is 39.8. The quantitative estimate of drug-likeness (QED) is 0.554. The zero-order valence-corrected chi connectivity index (χ0v) is 18.8. The number of nitrogens with zero attached hydrogens (tertiary/aromatic N) is 1. The van der Waals surface area contributed by atoms with Crippen LogP contribution in [0.5, 0.6) is 0 Å². The Morgan fingerprint density at radius 3 is 2.47 bits per heavy atom. The fourth-order valence-electron chi connectivity index (χ4n) is 4.20. The Bertz CT molecular complexity index is 976. The molecule has 3 heterocycles. The van der Waals surface area contributed by atoms with E-state index in [9.17, 15) is 14.4 Å². The predicted molar refractivity (Wildman–Crippen MR) is 126 cm³/mol. The maximum Gasteiger partial charge on any atom is 0.317 e. The third-order valence-corrected chi connectivity index (χ3v) is 7.00. The lowest BCUT2D eigenvalue weighted by Crippen LogP contribution is -2.45. The largest absolute Gasteiger partial charge is 0.351 e. The second-order valence-corrected chi connectivity index (χ2v) is 9.34. The minimum absolute atomic E-state index is 0.0553. The lowest BCUT2D eigenvalue weighted by Gasteiger charge is -2.26. The maximum atomic E-state index is 12.9. The zero-order chi connectivity index (χ0) is 22.5. The van der Waals surface area contributed by atoms with Gasteiger partial charge in [0.2, 0.25) is 0 Å². The van der Waals surface area contributed by atoms with Crippen LogP contribution < -0.4 is 21.7 Å². The highest BCUT2D eigenvalue weighted by Crippen LogP contribution is 2.36. The highest BCUT2D eigenvalue weighted by molar-refractivity contribution is 7.20. The molecule has 2 aliphatic heterocycles. The van der Waals surface area contributed by atoms with Crippen LogP contribution in [0.25, 0.3) is 10.4 Å². The molecule has 0 radical (unpaired) electrons. The number of primary amides is 1. The summed E-state index contributed by atoms with van der Waals surface area (Å²) in [6, 6.07) is 8.51. The maximum absolute atomic E-state index is 12.9. The van der Waals surface area contributed by atoms with Crippen molar-refractivity contribution in [3.05, 3.63) is 41.5 Å². The number of hydrogen-bond donors (Lipinski definition) is 4. The van der Waals surface area contributed by atoms with Gasteiger partial charge in [-0.2, -0.15) is 0 Å². The van der Waals surface area contributed by atoms with E-state index in [4.69, 9.17) is 5.73 Å². The van der Waals surface area contributed by atoms with E-state index in [-0.39, 0.29) is 17.9 Å². The van der Waals surface area contributed by atoms with Crippen molar-refractivity contribution in [3.63, 3.8) is 0 Å². The van der Waals surface area contributed by atoms with E-state index in [0.29, 0.717) is 16.1 Å². The molecule has 5 N–H and O–H groups in total. The van der Waals surface area contributed by atoms with Crippen LogP contribution in [0.1, 0.15) is 52.8 Å². The van der Waals surface area contributed by atoms with Crippen LogP contribution in [0.4, 0.5) is 9.80 Å². The molecule has 2 fully saturated rings. The molecule has 0 saturated carbocycles. The second-order valence-electron chi connectivity index (χ2n) is 8.29. The third-order valence-electron chi connectivity index (χ3n) is 5.91. The fraction of sp³-hybridized carbons (Fsp3) is 0.435. The van der Waals surface area contributed by atoms with Crippen LogP contribution in [0.3, 0.4) is 0 Å². The van der Waals surface area contributed by atoms with Gasteiger partial charge in [-0.05, 0) is 62.4 Å². The molecule has 2 saturated heterocycles. The summed E-state index contributed by atoms with van der Waals surface area (Å²) >= 11 is 1.29. The number of likely N-dealkylation sites (tertiary alicyclic amines) is 1. The molecule has 0 spiro atoms. The summed E-state index contributed by atoms with van der Waals surface area (Å²) < 4.78 is 0. The van der Waals surface area contributed by atoms with Gasteiger partial charge in [0.1, 0.15) is 5.00 Å². The van der Waals surface area contributed by atoms with Crippen LogP contribution in [-0.4, -0.2) is 55.0 Å². The molecule has 4 amide bonds. The number of hydrogen-bond acceptors (Lipinski definition) is 5. The number of thiophene rings is 1. The van der Waals surface area contributed by atoms with E-state index in [0.717, 1.165) is 62.3 Å². The van der Waals surface area contributed by atoms with Gasteiger partial charge in [-0.3, -0.25) is 14.9 Å². The fourth-order valence-corrected chi connectivity index (χ4v) is 5.27. The number of nitrogens with two attached hydrogens (primary N) is 1. The highest BCUT2D eigenvalue weighted by Gasteiger charge is 2.22. The average Bonchev–Trinajstić information content (AvgIpc) is 3.23. The molecule has 8 nitrogen and oxygen atoms in total. The van der Waals surface area contributed by atoms with Crippen LogP contribution in [0.15, 0.2) is 30.3 Å². The molecular weight excluding hydrogens is 426 g/mol. The lowest BCUT2D eigenvalue weighted by molar-refractivity contribution is 0.0724. The smallest absolute Gasteiger partial charge is 0.317 e. The number of benzene rings is 1. The van der Waals surface area contributed by atoms with Gasteiger partial charge < -0.3 is 21.3 Å². The molecule has 2 aromatic rings. The van der Waals surface area contributed by atoms with E-state index in [1.165, 1.54) is 17.8 Å². The number of amides is 4. The van der Waals surface area contributed by atoms with E-state index in [1.54, 1.807) is 6.07 Å². The summed E-state index contributed by atoms with van der Waals surface area (Å²) in [5, 5.41) is 9.30. The number of carbonyl (C=O) groups is 3. The van der Waals surface area contributed by atoms with Gasteiger partial charge >= 0.3 is 6.03 Å². The number of nitrogens with one attached hydrogen (secondary N) is 3. The molecule has 9 heteroatoms. The molecule has 2 aliphatic rings. The van der Waals surface area contributed by atoms with Crippen LogP contribution in [-0.2, 0) is 0 Å². The van der Waals surface area contributed by atoms with Gasteiger partial charge in [-0.25, -0.2) is 4.79 Å². The lowest BCUT2D eigenvalue weighted by atomic mass is 10.1. The van der Waals surface area contributed by atoms with Crippen molar-refractivity contribution >= 4 is 34.2 Å².